The van der Waals surface area contributed by atoms with Crippen molar-refractivity contribution in [2.75, 3.05) is 5.73 Å². The van der Waals surface area contributed by atoms with Gasteiger partial charge in [0.15, 0.2) is 5.82 Å². The Morgan fingerprint density at radius 3 is 2.73 bits per heavy atom. The molecule has 4 rings (SSSR count). The van der Waals surface area contributed by atoms with Gasteiger partial charge in [-0.3, -0.25) is 4.79 Å². The Labute approximate surface area is 184 Å². The summed E-state index contributed by atoms with van der Waals surface area (Å²) in [4.78, 5) is 24.1. The minimum atomic E-state index is -4.49. The first-order chi connectivity index (χ1) is 15.7. The summed E-state index contributed by atoms with van der Waals surface area (Å²) >= 11 is 0. The maximum Gasteiger partial charge on any atom is 0.416 e. The minimum absolute atomic E-state index is 0.0595. The maximum atomic E-state index is 12.9. The molecule has 0 bridgehead atoms. The number of rotatable bonds is 7. The molecule has 0 aliphatic carbocycles. The number of carboxylic acids is 1. The van der Waals surface area contributed by atoms with E-state index in [2.05, 4.69) is 20.1 Å². The van der Waals surface area contributed by atoms with E-state index in [9.17, 15) is 23.1 Å². The van der Waals surface area contributed by atoms with Gasteiger partial charge in [-0.2, -0.15) is 18.2 Å². The molecule has 12 heteroatoms. The fraction of sp³-hybridized carbons (Fsp3) is 0.190. The second-order valence-electron chi connectivity index (χ2n) is 7.25. The normalized spacial score (nSPS) is 12.6. The van der Waals surface area contributed by atoms with Crippen molar-refractivity contribution in [3.05, 3.63) is 77.8 Å². The van der Waals surface area contributed by atoms with Crippen LogP contribution in [0.2, 0.25) is 0 Å². The van der Waals surface area contributed by atoms with Crippen LogP contribution in [0.1, 0.15) is 28.6 Å². The van der Waals surface area contributed by atoms with E-state index in [1.807, 2.05) is 0 Å². The van der Waals surface area contributed by atoms with E-state index in [1.165, 1.54) is 24.7 Å². The quantitative estimate of drug-likeness (QED) is 0.431. The largest absolute Gasteiger partial charge is 0.481 e. The predicted octanol–water partition coefficient (Wildman–Crippen LogP) is 3.39. The second-order valence-corrected chi connectivity index (χ2v) is 7.25. The summed E-state index contributed by atoms with van der Waals surface area (Å²) in [5, 5.41) is 13.4. The molecule has 9 nitrogen and oxygen atoms in total. The minimum Gasteiger partial charge on any atom is -0.481 e. The van der Waals surface area contributed by atoms with E-state index in [1.54, 1.807) is 22.9 Å². The van der Waals surface area contributed by atoms with Gasteiger partial charge in [-0.15, -0.1) is 0 Å². The van der Waals surface area contributed by atoms with Crippen LogP contribution in [0.4, 0.5) is 19.0 Å². The fourth-order valence-electron chi connectivity index (χ4n) is 3.18. The highest BCUT2D eigenvalue weighted by molar-refractivity contribution is 5.75. The molecule has 3 aromatic heterocycles. The van der Waals surface area contributed by atoms with Crippen LogP contribution in [0.15, 0.2) is 59.6 Å². The lowest BCUT2D eigenvalue weighted by Crippen LogP contribution is -2.15. The molecule has 3 heterocycles. The van der Waals surface area contributed by atoms with E-state index < -0.39 is 23.6 Å². The van der Waals surface area contributed by atoms with E-state index in [4.69, 9.17) is 10.3 Å². The maximum absolute atomic E-state index is 12.9. The molecule has 0 radical (unpaired) electrons. The molecule has 0 amide bonds. The van der Waals surface area contributed by atoms with Crippen molar-refractivity contribution < 1.29 is 27.6 Å². The average Bonchev–Trinajstić information content (AvgIpc) is 3.43. The lowest BCUT2D eigenvalue weighted by molar-refractivity contribution is -0.139. The Bertz CT molecular complexity index is 1270. The van der Waals surface area contributed by atoms with Gasteiger partial charge in [-0.1, -0.05) is 17.3 Å². The molecule has 1 aromatic carbocycles. The smallest absolute Gasteiger partial charge is 0.416 e. The summed E-state index contributed by atoms with van der Waals surface area (Å²) in [6, 6.07) is 7.86. The topological polar surface area (TPSA) is 133 Å². The monoisotopic (exact) mass is 458 g/mol. The molecule has 0 aliphatic heterocycles. The molecular weight excluding hydrogens is 441 g/mol. The number of imidazole rings is 1. The number of aliphatic carboxylic acids is 1. The number of halogens is 3. The van der Waals surface area contributed by atoms with Crippen molar-refractivity contribution in [2.24, 2.45) is 0 Å². The highest BCUT2D eigenvalue weighted by atomic mass is 19.4. The SMILES string of the molecule is Nc1ccc(CC(C(=O)O)c2cn(Cc3noc(-c4cccc(C(F)(F)F)c4)n3)cn2)cn1. The first-order valence-electron chi connectivity index (χ1n) is 9.64. The Morgan fingerprint density at radius 1 is 1.21 bits per heavy atom. The van der Waals surface area contributed by atoms with Gasteiger partial charge in [0.2, 0.25) is 0 Å². The van der Waals surface area contributed by atoms with Gasteiger partial charge in [-0.25, -0.2) is 9.97 Å². The molecule has 0 saturated carbocycles. The number of anilines is 1. The van der Waals surface area contributed by atoms with Crippen LogP contribution in [0.5, 0.6) is 0 Å². The zero-order chi connectivity index (χ0) is 23.6. The number of hydrogen-bond donors (Lipinski definition) is 2. The van der Waals surface area contributed by atoms with Gasteiger partial charge in [-0.05, 0) is 36.2 Å². The van der Waals surface area contributed by atoms with Gasteiger partial charge < -0.3 is 19.9 Å². The van der Waals surface area contributed by atoms with Crippen molar-refractivity contribution in [3.8, 4) is 11.5 Å². The Morgan fingerprint density at radius 2 is 2.03 bits per heavy atom. The molecule has 3 N–H and O–H groups in total. The molecule has 4 aromatic rings. The average molecular weight is 458 g/mol. The number of nitrogens with zero attached hydrogens (tertiary/aromatic N) is 5. The molecule has 1 atom stereocenters. The third-order valence-electron chi connectivity index (χ3n) is 4.82. The van der Waals surface area contributed by atoms with Gasteiger partial charge in [0.1, 0.15) is 11.7 Å². The Kier molecular flexibility index (Phi) is 5.82. The van der Waals surface area contributed by atoms with Crippen LogP contribution in [0.3, 0.4) is 0 Å². The predicted molar refractivity (Wildman–Crippen MR) is 109 cm³/mol. The molecule has 1 unspecified atom stereocenters. The molecule has 0 saturated heterocycles. The first kappa shape index (κ1) is 22.0. The van der Waals surface area contributed by atoms with Crippen LogP contribution in [-0.2, 0) is 23.9 Å². The molecule has 0 spiro atoms. The third-order valence-corrected chi connectivity index (χ3v) is 4.82. The second kappa shape index (κ2) is 8.73. The number of alkyl halides is 3. The third kappa shape index (κ3) is 5.17. The van der Waals surface area contributed by atoms with Crippen LogP contribution >= 0.6 is 0 Å². The van der Waals surface area contributed by atoms with Crippen LogP contribution in [0, 0.1) is 0 Å². The zero-order valence-electron chi connectivity index (χ0n) is 16.9. The van der Waals surface area contributed by atoms with E-state index >= 15 is 0 Å². The number of aromatic nitrogens is 5. The van der Waals surface area contributed by atoms with Gasteiger partial charge >= 0.3 is 12.1 Å². The van der Waals surface area contributed by atoms with E-state index in [-0.39, 0.29) is 30.2 Å². The van der Waals surface area contributed by atoms with Gasteiger partial charge in [0.05, 0.1) is 24.1 Å². The van der Waals surface area contributed by atoms with Gasteiger partial charge in [0.25, 0.3) is 5.89 Å². The molecule has 0 aliphatic rings. The number of carbonyl (C=O) groups is 1. The number of nitrogen functional groups attached to an aromatic ring is 1. The number of nitrogens with two attached hydrogens (primary N) is 1. The Balaban J connectivity index is 1.49. The summed E-state index contributed by atoms with van der Waals surface area (Å²) in [5.74, 6) is -1.50. The van der Waals surface area contributed by atoms with Crippen LogP contribution in [-0.4, -0.2) is 35.8 Å². The molecule has 170 valence electrons. The van der Waals surface area contributed by atoms with E-state index in [0.717, 1.165) is 12.1 Å². The molecular formula is C21H17F3N6O3. The highest BCUT2D eigenvalue weighted by Crippen LogP contribution is 2.31. The Hall–Kier alpha value is -4.22. The number of carboxylic acid groups (broad SMARTS) is 1. The zero-order valence-corrected chi connectivity index (χ0v) is 16.9. The lowest BCUT2D eigenvalue weighted by Gasteiger charge is -2.09. The fourth-order valence-corrected chi connectivity index (χ4v) is 3.18. The van der Waals surface area contributed by atoms with Crippen LogP contribution < -0.4 is 5.73 Å². The highest BCUT2D eigenvalue weighted by Gasteiger charge is 2.31. The van der Waals surface area contributed by atoms with Crippen molar-refractivity contribution in [2.45, 2.75) is 25.1 Å². The van der Waals surface area contributed by atoms with Gasteiger partial charge in [0, 0.05) is 18.0 Å². The summed E-state index contributed by atoms with van der Waals surface area (Å²) in [5.41, 5.74) is 5.88. The van der Waals surface area contributed by atoms with Crippen molar-refractivity contribution in [1.82, 2.24) is 24.7 Å². The summed E-state index contributed by atoms with van der Waals surface area (Å²) < 4.78 is 45.4. The summed E-state index contributed by atoms with van der Waals surface area (Å²) in [6.07, 6.45) is 0.157. The van der Waals surface area contributed by atoms with E-state index in [0.29, 0.717) is 17.1 Å². The standard InChI is InChI=1S/C21H17F3N6O3/c22-21(23,24)14-3-1-2-13(7-14)19-28-18(29-33-19)10-30-9-16(27-11-30)15(20(31)32)6-12-4-5-17(25)26-8-12/h1-5,7-9,11,15H,6,10H2,(H2,25,26)(H,31,32). The molecule has 33 heavy (non-hydrogen) atoms. The summed E-state index contributed by atoms with van der Waals surface area (Å²) in [7, 11) is 0. The summed E-state index contributed by atoms with van der Waals surface area (Å²) in [6.45, 7) is 0.0885. The van der Waals surface area contributed by atoms with Crippen LogP contribution in [0.25, 0.3) is 11.5 Å². The van der Waals surface area contributed by atoms with Crippen molar-refractivity contribution in [1.29, 1.82) is 0 Å². The van der Waals surface area contributed by atoms with Crippen molar-refractivity contribution >= 4 is 11.8 Å². The van der Waals surface area contributed by atoms with Crippen molar-refractivity contribution in [3.63, 3.8) is 0 Å². The number of hydrogen-bond acceptors (Lipinski definition) is 7. The lowest BCUT2D eigenvalue weighted by atomic mass is 9.98. The first-order valence-corrected chi connectivity index (χ1v) is 9.64. The number of benzene rings is 1. The number of pyridine rings is 1. The molecule has 0 fully saturated rings.